The van der Waals surface area contributed by atoms with Crippen molar-refractivity contribution in [1.82, 2.24) is 5.32 Å². The summed E-state index contributed by atoms with van der Waals surface area (Å²) in [5.74, 6) is -1.30. The van der Waals surface area contributed by atoms with E-state index in [9.17, 15) is 9.59 Å². The fraction of sp³-hybridized carbons (Fsp3) is 0.429. The summed E-state index contributed by atoms with van der Waals surface area (Å²) in [5, 5.41) is 20.4. The van der Waals surface area contributed by atoms with E-state index in [1.165, 1.54) is 0 Å². The molecule has 0 amide bonds. The average Bonchev–Trinajstić information content (AvgIpc) is 2.36. The van der Waals surface area contributed by atoms with Gasteiger partial charge in [0.05, 0.1) is 19.1 Å². The van der Waals surface area contributed by atoms with E-state index < -0.39 is 12.0 Å². The number of carbonyl (C=O) groups is 2. The zero-order chi connectivity index (χ0) is 14.4. The summed E-state index contributed by atoms with van der Waals surface area (Å²) >= 11 is 0. The summed E-state index contributed by atoms with van der Waals surface area (Å²) in [6.45, 7) is 3.74. The standard InChI is InChI=1S/C14H19NO4/c1-9-3-4-10(2)11(7-9)14(19)12(8-13(17)18)15-5-6-16/h3-4,7,12,15-16H,5-6,8H2,1-2H3,(H,17,18). The molecule has 1 aromatic carbocycles. The molecule has 0 saturated heterocycles. The molecule has 0 aliphatic heterocycles. The van der Waals surface area contributed by atoms with Crippen LogP contribution >= 0.6 is 0 Å². The molecular weight excluding hydrogens is 246 g/mol. The quantitative estimate of drug-likeness (QED) is 0.638. The number of rotatable bonds is 7. The van der Waals surface area contributed by atoms with Crippen LogP contribution in [-0.4, -0.2) is 41.2 Å². The highest BCUT2D eigenvalue weighted by atomic mass is 16.4. The van der Waals surface area contributed by atoms with Crippen LogP contribution in [0.3, 0.4) is 0 Å². The molecule has 1 unspecified atom stereocenters. The van der Waals surface area contributed by atoms with Crippen LogP contribution in [0.1, 0.15) is 27.9 Å². The van der Waals surface area contributed by atoms with Crippen LogP contribution in [0.5, 0.6) is 0 Å². The van der Waals surface area contributed by atoms with Crippen LogP contribution in [-0.2, 0) is 4.79 Å². The molecule has 1 rings (SSSR count). The fourth-order valence-electron chi connectivity index (χ4n) is 1.86. The van der Waals surface area contributed by atoms with Gasteiger partial charge in [-0.05, 0) is 25.5 Å². The van der Waals surface area contributed by atoms with Crippen LogP contribution in [0.4, 0.5) is 0 Å². The number of hydrogen-bond acceptors (Lipinski definition) is 4. The lowest BCUT2D eigenvalue weighted by atomic mass is 9.96. The molecular formula is C14H19NO4. The number of aliphatic hydroxyl groups is 1. The number of carboxylic acid groups (broad SMARTS) is 1. The van der Waals surface area contributed by atoms with Gasteiger partial charge in [0.15, 0.2) is 5.78 Å². The number of nitrogens with one attached hydrogen (secondary N) is 1. The third kappa shape index (κ3) is 4.46. The smallest absolute Gasteiger partial charge is 0.305 e. The Morgan fingerprint density at radius 1 is 1.32 bits per heavy atom. The Kier molecular flexibility index (Phi) is 5.66. The second kappa shape index (κ2) is 7.01. The number of aliphatic hydroxyl groups excluding tert-OH is 1. The van der Waals surface area contributed by atoms with Crippen molar-refractivity contribution in [2.75, 3.05) is 13.2 Å². The molecule has 0 radical (unpaired) electrons. The largest absolute Gasteiger partial charge is 0.481 e. The average molecular weight is 265 g/mol. The molecule has 0 heterocycles. The lowest BCUT2D eigenvalue weighted by Crippen LogP contribution is -2.40. The van der Waals surface area contributed by atoms with E-state index in [0.29, 0.717) is 5.56 Å². The first kappa shape index (κ1) is 15.3. The zero-order valence-electron chi connectivity index (χ0n) is 11.1. The Hall–Kier alpha value is -1.72. The van der Waals surface area contributed by atoms with E-state index in [4.69, 9.17) is 10.2 Å². The van der Waals surface area contributed by atoms with Crippen molar-refractivity contribution in [3.63, 3.8) is 0 Å². The van der Waals surface area contributed by atoms with Crippen molar-refractivity contribution in [1.29, 1.82) is 0 Å². The lowest BCUT2D eigenvalue weighted by molar-refractivity contribution is -0.137. The first-order chi connectivity index (χ1) is 8.95. The maximum atomic E-state index is 12.4. The third-order valence-electron chi connectivity index (χ3n) is 2.86. The summed E-state index contributed by atoms with van der Waals surface area (Å²) in [5.41, 5.74) is 2.29. The summed E-state index contributed by atoms with van der Waals surface area (Å²) in [6, 6.07) is 4.68. The summed E-state index contributed by atoms with van der Waals surface area (Å²) < 4.78 is 0. The molecule has 5 heteroatoms. The van der Waals surface area contributed by atoms with Crippen LogP contribution in [0.15, 0.2) is 18.2 Å². The molecule has 0 spiro atoms. The fourth-order valence-corrected chi connectivity index (χ4v) is 1.86. The zero-order valence-corrected chi connectivity index (χ0v) is 11.1. The topological polar surface area (TPSA) is 86.6 Å². The second-order valence-electron chi connectivity index (χ2n) is 4.51. The summed E-state index contributed by atoms with van der Waals surface area (Å²) in [7, 11) is 0. The van der Waals surface area contributed by atoms with Gasteiger partial charge in [0.1, 0.15) is 0 Å². The first-order valence-electron chi connectivity index (χ1n) is 6.13. The molecule has 19 heavy (non-hydrogen) atoms. The number of benzene rings is 1. The Balaban J connectivity index is 2.97. The monoisotopic (exact) mass is 265 g/mol. The number of aryl methyl sites for hydroxylation is 2. The third-order valence-corrected chi connectivity index (χ3v) is 2.86. The van der Waals surface area contributed by atoms with Crippen molar-refractivity contribution < 1.29 is 19.8 Å². The predicted octanol–water partition coefficient (Wildman–Crippen LogP) is 0.911. The highest BCUT2D eigenvalue weighted by Gasteiger charge is 2.23. The predicted molar refractivity (Wildman–Crippen MR) is 71.4 cm³/mol. The van der Waals surface area contributed by atoms with E-state index in [1.807, 2.05) is 26.0 Å². The number of aliphatic carboxylic acids is 1. The highest BCUT2D eigenvalue weighted by molar-refractivity contribution is 6.02. The number of carbonyl (C=O) groups excluding carboxylic acids is 1. The molecule has 0 saturated carbocycles. The normalized spacial score (nSPS) is 12.2. The molecule has 1 aromatic rings. The molecule has 0 fully saturated rings. The van der Waals surface area contributed by atoms with Gasteiger partial charge in [-0.1, -0.05) is 17.7 Å². The molecule has 5 nitrogen and oxygen atoms in total. The van der Waals surface area contributed by atoms with Gasteiger partial charge in [-0.3, -0.25) is 9.59 Å². The summed E-state index contributed by atoms with van der Waals surface area (Å²) in [4.78, 5) is 23.2. The van der Waals surface area contributed by atoms with Crippen molar-refractivity contribution in [3.8, 4) is 0 Å². The van der Waals surface area contributed by atoms with Crippen molar-refractivity contribution in [2.24, 2.45) is 0 Å². The Bertz CT molecular complexity index is 471. The van der Waals surface area contributed by atoms with Gasteiger partial charge in [-0.15, -0.1) is 0 Å². The van der Waals surface area contributed by atoms with Crippen molar-refractivity contribution in [3.05, 3.63) is 34.9 Å². The Morgan fingerprint density at radius 3 is 2.58 bits per heavy atom. The highest BCUT2D eigenvalue weighted by Crippen LogP contribution is 2.14. The Morgan fingerprint density at radius 2 is 2.00 bits per heavy atom. The van der Waals surface area contributed by atoms with Gasteiger partial charge in [0.2, 0.25) is 0 Å². The minimum Gasteiger partial charge on any atom is -0.481 e. The number of Topliss-reactive ketones (excluding diaryl/α,β-unsaturated/α-hetero) is 1. The van der Waals surface area contributed by atoms with E-state index >= 15 is 0 Å². The molecule has 0 aliphatic carbocycles. The van der Waals surface area contributed by atoms with Crippen molar-refractivity contribution in [2.45, 2.75) is 26.3 Å². The van der Waals surface area contributed by atoms with E-state index in [1.54, 1.807) is 6.07 Å². The molecule has 1 atom stereocenters. The lowest BCUT2D eigenvalue weighted by Gasteiger charge is -2.16. The Labute approximate surface area is 112 Å². The maximum absolute atomic E-state index is 12.4. The maximum Gasteiger partial charge on any atom is 0.305 e. The second-order valence-corrected chi connectivity index (χ2v) is 4.51. The van der Waals surface area contributed by atoms with Crippen LogP contribution in [0, 0.1) is 13.8 Å². The minimum atomic E-state index is -1.05. The molecule has 0 bridgehead atoms. The van der Waals surface area contributed by atoms with Gasteiger partial charge < -0.3 is 15.5 Å². The van der Waals surface area contributed by atoms with Gasteiger partial charge in [-0.2, -0.15) is 0 Å². The van der Waals surface area contributed by atoms with Crippen molar-refractivity contribution >= 4 is 11.8 Å². The molecule has 104 valence electrons. The van der Waals surface area contributed by atoms with E-state index in [2.05, 4.69) is 5.32 Å². The van der Waals surface area contributed by atoms with Gasteiger partial charge >= 0.3 is 5.97 Å². The molecule has 0 aliphatic rings. The van der Waals surface area contributed by atoms with Gasteiger partial charge in [0.25, 0.3) is 0 Å². The molecule has 3 N–H and O–H groups in total. The molecule has 0 aromatic heterocycles. The van der Waals surface area contributed by atoms with Crippen LogP contribution in [0.2, 0.25) is 0 Å². The van der Waals surface area contributed by atoms with E-state index in [-0.39, 0.29) is 25.4 Å². The first-order valence-corrected chi connectivity index (χ1v) is 6.13. The van der Waals surface area contributed by atoms with Gasteiger partial charge in [-0.25, -0.2) is 0 Å². The minimum absolute atomic E-state index is 0.143. The van der Waals surface area contributed by atoms with Crippen LogP contribution < -0.4 is 5.32 Å². The van der Waals surface area contributed by atoms with Crippen LogP contribution in [0.25, 0.3) is 0 Å². The number of ketones is 1. The summed E-state index contributed by atoms with van der Waals surface area (Å²) in [6.07, 6.45) is -0.299. The van der Waals surface area contributed by atoms with E-state index in [0.717, 1.165) is 11.1 Å². The SMILES string of the molecule is Cc1ccc(C)c(C(=O)C(CC(=O)O)NCCO)c1. The van der Waals surface area contributed by atoms with Gasteiger partial charge in [0, 0.05) is 12.1 Å². The number of carboxylic acids is 1. The number of hydrogen-bond donors (Lipinski definition) is 3.